The lowest BCUT2D eigenvalue weighted by Crippen LogP contribution is -2.40. The van der Waals surface area contributed by atoms with Crippen LogP contribution in [0.3, 0.4) is 0 Å². The van der Waals surface area contributed by atoms with Crippen molar-refractivity contribution in [1.82, 2.24) is 25.6 Å². The van der Waals surface area contributed by atoms with E-state index in [2.05, 4.69) is 45.1 Å². The van der Waals surface area contributed by atoms with Gasteiger partial charge in [0, 0.05) is 17.9 Å². The molecule has 7 heteroatoms. The Hall–Kier alpha value is -1.47. The van der Waals surface area contributed by atoms with E-state index < -0.39 is 0 Å². The zero-order valence-corrected chi connectivity index (χ0v) is 12.8. The van der Waals surface area contributed by atoms with Gasteiger partial charge in [-0.3, -0.25) is 10.9 Å². The van der Waals surface area contributed by atoms with E-state index in [1.165, 1.54) is 0 Å². The van der Waals surface area contributed by atoms with Crippen LogP contribution in [-0.4, -0.2) is 47.2 Å². The summed E-state index contributed by atoms with van der Waals surface area (Å²) in [6, 6.07) is 1.92. The highest BCUT2D eigenvalue weighted by Gasteiger charge is 2.00. The topological polar surface area (TPSA) is 65.1 Å². The van der Waals surface area contributed by atoms with Crippen LogP contribution >= 0.6 is 12.2 Å². The van der Waals surface area contributed by atoms with Crippen LogP contribution in [0.25, 0.3) is 0 Å². The number of nitrogens with one attached hydrogen (secondary N) is 3. The molecule has 0 spiro atoms. The number of thiocarbonyl (C=S) groups is 1. The highest BCUT2D eigenvalue weighted by Crippen LogP contribution is 2.01. The van der Waals surface area contributed by atoms with E-state index in [1.54, 1.807) is 0 Å². The van der Waals surface area contributed by atoms with Gasteiger partial charge in [0.25, 0.3) is 0 Å². The van der Waals surface area contributed by atoms with Crippen LogP contribution in [0.2, 0.25) is 0 Å². The van der Waals surface area contributed by atoms with Gasteiger partial charge in [-0.15, -0.1) is 0 Å². The van der Waals surface area contributed by atoms with Gasteiger partial charge >= 0.3 is 0 Å². The fourth-order valence-electron chi connectivity index (χ4n) is 1.54. The van der Waals surface area contributed by atoms with Gasteiger partial charge in [0.1, 0.15) is 0 Å². The van der Waals surface area contributed by atoms with E-state index in [1.807, 2.05) is 19.9 Å². The van der Waals surface area contributed by atoms with Gasteiger partial charge in [-0.2, -0.15) is 0 Å². The second-order valence-electron chi connectivity index (χ2n) is 4.64. The average Bonchev–Trinajstić information content (AvgIpc) is 2.31. The Labute approximate surface area is 120 Å². The minimum atomic E-state index is 0.523. The van der Waals surface area contributed by atoms with Crippen molar-refractivity contribution in [3.8, 4) is 0 Å². The second kappa shape index (κ2) is 7.85. The van der Waals surface area contributed by atoms with Gasteiger partial charge in [0.2, 0.25) is 5.95 Å². The highest BCUT2D eigenvalue weighted by atomic mass is 32.1. The quantitative estimate of drug-likeness (QED) is 0.406. The molecular formula is C12H22N6S. The molecule has 0 bridgehead atoms. The van der Waals surface area contributed by atoms with E-state index in [-0.39, 0.29) is 0 Å². The average molecular weight is 282 g/mol. The maximum absolute atomic E-state index is 5.14. The molecule has 1 aromatic rings. The number of anilines is 1. The van der Waals surface area contributed by atoms with Crippen molar-refractivity contribution < 1.29 is 0 Å². The Bertz CT molecular complexity index is 400. The highest BCUT2D eigenvalue weighted by molar-refractivity contribution is 7.80. The number of rotatable bonds is 6. The lowest BCUT2D eigenvalue weighted by molar-refractivity contribution is 0.400. The third-order valence-electron chi connectivity index (χ3n) is 2.34. The Kier molecular flexibility index (Phi) is 6.44. The molecule has 0 saturated carbocycles. The molecule has 0 saturated heterocycles. The predicted molar refractivity (Wildman–Crippen MR) is 82.0 cm³/mol. The van der Waals surface area contributed by atoms with Crippen molar-refractivity contribution in [2.24, 2.45) is 0 Å². The van der Waals surface area contributed by atoms with Gasteiger partial charge in [-0.25, -0.2) is 9.97 Å². The van der Waals surface area contributed by atoms with Gasteiger partial charge < -0.3 is 10.2 Å². The zero-order chi connectivity index (χ0) is 14.3. The molecule has 0 aliphatic heterocycles. The molecule has 1 aromatic heterocycles. The van der Waals surface area contributed by atoms with Gasteiger partial charge in [-0.05, 0) is 59.2 Å². The molecule has 0 atom stereocenters. The molecule has 3 N–H and O–H groups in total. The lowest BCUT2D eigenvalue weighted by atomic mass is 10.4. The summed E-state index contributed by atoms with van der Waals surface area (Å²) in [6.07, 6.45) is 1.04. The fraction of sp³-hybridized carbons (Fsp3) is 0.583. The summed E-state index contributed by atoms with van der Waals surface area (Å²) in [5.74, 6) is 0.523. The number of aryl methyl sites for hydroxylation is 2. The summed E-state index contributed by atoms with van der Waals surface area (Å²) < 4.78 is 0. The third kappa shape index (κ3) is 6.88. The molecule has 0 amide bonds. The molecule has 19 heavy (non-hydrogen) atoms. The molecule has 1 heterocycles. The van der Waals surface area contributed by atoms with Crippen molar-refractivity contribution in [2.45, 2.75) is 20.3 Å². The van der Waals surface area contributed by atoms with Crippen LogP contribution in [0.4, 0.5) is 5.95 Å². The molecule has 0 aromatic carbocycles. The van der Waals surface area contributed by atoms with E-state index in [4.69, 9.17) is 12.2 Å². The SMILES string of the molecule is Cc1cc(C)nc(NNC(=S)NCCCN(C)C)n1. The maximum atomic E-state index is 5.14. The summed E-state index contributed by atoms with van der Waals surface area (Å²) in [5, 5.41) is 3.66. The molecule has 0 aliphatic carbocycles. The summed E-state index contributed by atoms with van der Waals surface area (Å²) >= 11 is 5.14. The smallest absolute Gasteiger partial charge is 0.242 e. The monoisotopic (exact) mass is 282 g/mol. The van der Waals surface area contributed by atoms with Gasteiger partial charge in [0.15, 0.2) is 5.11 Å². The van der Waals surface area contributed by atoms with Crippen LogP contribution in [0.5, 0.6) is 0 Å². The van der Waals surface area contributed by atoms with Crippen molar-refractivity contribution in [3.63, 3.8) is 0 Å². The number of nitrogens with zero attached hydrogens (tertiary/aromatic N) is 3. The maximum Gasteiger partial charge on any atom is 0.242 e. The molecule has 6 nitrogen and oxygen atoms in total. The Balaban J connectivity index is 2.26. The molecule has 1 rings (SSSR count). The molecular weight excluding hydrogens is 260 g/mol. The minimum Gasteiger partial charge on any atom is -0.361 e. The first-order valence-corrected chi connectivity index (χ1v) is 6.65. The van der Waals surface area contributed by atoms with Crippen LogP contribution in [0.15, 0.2) is 6.07 Å². The third-order valence-corrected chi connectivity index (χ3v) is 2.58. The number of hydrogen-bond donors (Lipinski definition) is 3. The first-order valence-electron chi connectivity index (χ1n) is 6.24. The van der Waals surface area contributed by atoms with E-state index in [0.29, 0.717) is 11.1 Å². The first-order chi connectivity index (χ1) is 8.97. The van der Waals surface area contributed by atoms with Crippen molar-refractivity contribution in [1.29, 1.82) is 0 Å². The summed E-state index contributed by atoms with van der Waals surface area (Å²) in [7, 11) is 4.10. The van der Waals surface area contributed by atoms with E-state index in [0.717, 1.165) is 30.9 Å². The molecule has 0 unspecified atom stereocenters. The van der Waals surface area contributed by atoms with Crippen LogP contribution in [-0.2, 0) is 0 Å². The summed E-state index contributed by atoms with van der Waals surface area (Å²) in [6.45, 7) is 5.72. The standard InChI is InChI=1S/C12H22N6S/c1-9-8-10(2)15-11(14-9)16-17-12(19)13-6-5-7-18(3)4/h8H,5-7H2,1-4H3,(H2,13,17,19)(H,14,15,16). The number of hydrogen-bond acceptors (Lipinski definition) is 5. The first kappa shape index (κ1) is 15.6. The van der Waals surface area contributed by atoms with Crippen molar-refractivity contribution in [3.05, 3.63) is 17.5 Å². The van der Waals surface area contributed by atoms with Gasteiger partial charge in [0.05, 0.1) is 0 Å². The van der Waals surface area contributed by atoms with Gasteiger partial charge in [-0.1, -0.05) is 0 Å². The predicted octanol–water partition coefficient (Wildman–Crippen LogP) is 0.836. The number of hydrazine groups is 1. The van der Waals surface area contributed by atoms with Crippen molar-refractivity contribution >= 4 is 23.3 Å². The summed E-state index contributed by atoms with van der Waals surface area (Å²) in [5.41, 5.74) is 7.60. The fourth-order valence-corrected chi connectivity index (χ4v) is 1.69. The Morgan fingerprint density at radius 3 is 2.47 bits per heavy atom. The normalized spacial score (nSPS) is 10.4. The zero-order valence-electron chi connectivity index (χ0n) is 11.9. The Morgan fingerprint density at radius 1 is 1.26 bits per heavy atom. The molecule has 0 fully saturated rings. The number of aromatic nitrogens is 2. The molecule has 0 radical (unpaired) electrons. The van der Waals surface area contributed by atoms with Crippen LogP contribution in [0, 0.1) is 13.8 Å². The Morgan fingerprint density at radius 2 is 1.89 bits per heavy atom. The lowest BCUT2D eigenvalue weighted by Gasteiger charge is -2.13. The summed E-state index contributed by atoms with van der Waals surface area (Å²) in [4.78, 5) is 10.6. The second-order valence-corrected chi connectivity index (χ2v) is 5.05. The minimum absolute atomic E-state index is 0.523. The molecule has 106 valence electrons. The van der Waals surface area contributed by atoms with Crippen LogP contribution in [0.1, 0.15) is 17.8 Å². The van der Waals surface area contributed by atoms with E-state index in [9.17, 15) is 0 Å². The molecule has 0 aliphatic rings. The van der Waals surface area contributed by atoms with E-state index >= 15 is 0 Å². The van der Waals surface area contributed by atoms with Crippen LogP contribution < -0.4 is 16.2 Å². The van der Waals surface area contributed by atoms with Crippen molar-refractivity contribution in [2.75, 3.05) is 32.6 Å². The largest absolute Gasteiger partial charge is 0.361 e.